The molecule has 0 spiro atoms. The summed E-state index contributed by atoms with van der Waals surface area (Å²) in [5, 5.41) is 4.37. The van der Waals surface area contributed by atoms with Gasteiger partial charge in [0.05, 0.1) is 12.6 Å². The Hall–Kier alpha value is -0.140. The third-order valence-corrected chi connectivity index (χ3v) is 7.53. The Morgan fingerprint density at radius 2 is 2.00 bits per heavy atom. The van der Waals surface area contributed by atoms with Crippen LogP contribution >= 0.6 is 55.4 Å². The summed E-state index contributed by atoms with van der Waals surface area (Å²) in [7, 11) is 1.73. The van der Waals surface area contributed by atoms with Crippen molar-refractivity contribution >= 4 is 61.1 Å². The minimum Gasteiger partial charge on any atom is -0.383 e. The fraction of sp³-hybridized carbons (Fsp3) is 0.250. The van der Waals surface area contributed by atoms with E-state index in [1.165, 1.54) is 19.6 Å². The Balaban J connectivity index is 1.83. The first kappa shape index (κ1) is 16.7. The molecule has 116 valence electrons. The van der Waals surface area contributed by atoms with Crippen molar-refractivity contribution in [2.24, 2.45) is 0 Å². The first-order valence-electron chi connectivity index (χ1n) is 6.81. The van der Waals surface area contributed by atoms with E-state index in [0.29, 0.717) is 6.61 Å². The van der Waals surface area contributed by atoms with Crippen molar-refractivity contribution in [1.82, 2.24) is 0 Å². The van der Waals surface area contributed by atoms with Gasteiger partial charge in [0.15, 0.2) is 0 Å². The Labute approximate surface area is 156 Å². The summed E-state index contributed by atoms with van der Waals surface area (Å²) in [5.74, 6) is 0. The van der Waals surface area contributed by atoms with Crippen molar-refractivity contribution < 1.29 is 4.74 Å². The zero-order valence-corrected chi connectivity index (χ0v) is 16.7. The number of fused-ring (bicyclic) bond motifs is 2. The molecule has 0 unspecified atom stereocenters. The second-order valence-corrected chi connectivity index (χ2v) is 8.52. The highest BCUT2D eigenvalue weighted by Gasteiger charge is 2.19. The number of hydrogen-bond donors (Lipinski definition) is 1. The van der Waals surface area contributed by atoms with Gasteiger partial charge in [0.2, 0.25) is 0 Å². The second kappa shape index (κ2) is 7.62. The molecular formula is C16H15Br2NOS2. The summed E-state index contributed by atoms with van der Waals surface area (Å²) >= 11 is 10.8. The maximum atomic E-state index is 5.23. The van der Waals surface area contributed by atoms with Crippen molar-refractivity contribution in [3.63, 3.8) is 0 Å². The zero-order valence-electron chi connectivity index (χ0n) is 11.9. The molecule has 0 fully saturated rings. The molecule has 6 heteroatoms. The van der Waals surface area contributed by atoms with Crippen LogP contribution in [0.1, 0.15) is 0 Å². The number of halogens is 2. The number of anilines is 1. The SMILES string of the molecule is COC[C@H](CBr)Nc1ccc2c(c1)Sc1cccc(Br)c1S2. The average molecular weight is 461 g/mol. The maximum absolute atomic E-state index is 5.23. The fourth-order valence-electron chi connectivity index (χ4n) is 2.22. The van der Waals surface area contributed by atoms with Gasteiger partial charge < -0.3 is 10.1 Å². The molecule has 3 rings (SSSR count). The molecule has 0 saturated carbocycles. The number of methoxy groups -OCH3 is 1. The van der Waals surface area contributed by atoms with Gasteiger partial charge in [-0.25, -0.2) is 0 Å². The summed E-state index contributed by atoms with van der Waals surface area (Å²) < 4.78 is 6.39. The third kappa shape index (κ3) is 3.67. The normalized spacial score (nSPS) is 14.1. The van der Waals surface area contributed by atoms with Crippen LogP contribution in [0.15, 0.2) is 60.5 Å². The smallest absolute Gasteiger partial charge is 0.0672 e. The van der Waals surface area contributed by atoms with Crippen LogP contribution < -0.4 is 5.32 Å². The van der Waals surface area contributed by atoms with Crippen LogP contribution in [0, 0.1) is 0 Å². The van der Waals surface area contributed by atoms with Gasteiger partial charge in [0.1, 0.15) is 0 Å². The number of hydrogen-bond acceptors (Lipinski definition) is 4. The van der Waals surface area contributed by atoms with Crippen LogP contribution in [0.3, 0.4) is 0 Å². The molecule has 1 aliphatic heterocycles. The molecule has 2 aromatic carbocycles. The van der Waals surface area contributed by atoms with Crippen molar-refractivity contribution in [2.45, 2.75) is 25.6 Å². The van der Waals surface area contributed by atoms with Crippen LogP contribution in [0.2, 0.25) is 0 Å². The molecule has 1 atom stereocenters. The molecule has 1 heterocycles. The van der Waals surface area contributed by atoms with Crippen LogP contribution in [0.5, 0.6) is 0 Å². The largest absolute Gasteiger partial charge is 0.383 e. The topological polar surface area (TPSA) is 21.3 Å². The molecule has 22 heavy (non-hydrogen) atoms. The van der Waals surface area contributed by atoms with E-state index in [2.05, 4.69) is 73.6 Å². The number of nitrogens with one attached hydrogen (secondary N) is 1. The Kier molecular flexibility index (Phi) is 5.79. The van der Waals surface area contributed by atoms with Gasteiger partial charge in [0.25, 0.3) is 0 Å². The monoisotopic (exact) mass is 459 g/mol. The van der Waals surface area contributed by atoms with E-state index in [0.717, 1.165) is 15.5 Å². The van der Waals surface area contributed by atoms with E-state index in [4.69, 9.17) is 4.74 Å². The summed E-state index contributed by atoms with van der Waals surface area (Å²) in [4.78, 5) is 5.21. The Morgan fingerprint density at radius 1 is 1.14 bits per heavy atom. The van der Waals surface area contributed by atoms with E-state index in [1.54, 1.807) is 7.11 Å². The van der Waals surface area contributed by atoms with E-state index in [1.807, 2.05) is 23.5 Å². The molecule has 2 nitrogen and oxygen atoms in total. The molecule has 0 aromatic heterocycles. The van der Waals surface area contributed by atoms with Crippen LogP contribution in [-0.2, 0) is 4.74 Å². The summed E-state index contributed by atoms with van der Waals surface area (Å²) in [5.41, 5.74) is 1.13. The average Bonchev–Trinajstić information content (AvgIpc) is 2.53. The predicted octanol–water partition coefficient (Wildman–Crippen LogP) is 5.89. The molecule has 1 N–H and O–H groups in total. The lowest BCUT2D eigenvalue weighted by Crippen LogP contribution is -2.26. The quantitative estimate of drug-likeness (QED) is 0.479. The molecule has 0 amide bonds. The van der Waals surface area contributed by atoms with Gasteiger partial charge in [-0.3, -0.25) is 0 Å². The maximum Gasteiger partial charge on any atom is 0.0672 e. The van der Waals surface area contributed by atoms with Gasteiger partial charge in [0, 0.05) is 42.2 Å². The highest BCUT2D eigenvalue weighted by Crippen LogP contribution is 2.51. The number of rotatable bonds is 5. The van der Waals surface area contributed by atoms with Gasteiger partial charge >= 0.3 is 0 Å². The molecule has 0 saturated heterocycles. The van der Waals surface area contributed by atoms with Crippen molar-refractivity contribution in [2.75, 3.05) is 24.4 Å². The van der Waals surface area contributed by atoms with Crippen molar-refractivity contribution in [3.8, 4) is 0 Å². The van der Waals surface area contributed by atoms with Crippen LogP contribution in [-0.4, -0.2) is 25.1 Å². The Morgan fingerprint density at radius 3 is 2.77 bits per heavy atom. The lowest BCUT2D eigenvalue weighted by Gasteiger charge is -2.22. The molecule has 0 bridgehead atoms. The first-order chi connectivity index (χ1) is 10.7. The minimum absolute atomic E-state index is 0.269. The van der Waals surface area contributed by atoms with E-state index >= 15 is 0 Å². The standard InChI is InChI=1S/C16H15Br2NOS2/c1-20-9-11(8-17)19-10-5-6-13-15(7-10)21-14-4-2-3-12(18)16(14)22-13/h2-7,11,19H,8-9H2,1H3/t11-/m0/s1. The second-order valence-electron chi connectivity index (χ2n) is 4.88. The predicted molar refractivity (Wildman–Crippen MR) is 102 cm³/mol. The summed E-state index contributed by atoms with van der Waals surface area (Å²) in [6.45, 7) is 0.681. The number of ether oxygens (including phenoxy) is 1. The highest BCUT2D eigenvalue weighted by atomic mass is 79.9. The zero-order chi connectivity index (χ0) is 15.5. The molecular weight excluding hydrogens is 446 g/mol. The minimum atomic E-state index is 0.269. The van der Waals surface area contributed by atoms with E-state index in [9.17, 15) is 0 Å². The lowest BCUT2D eigenvalue weighted by molar-refractivity contribution is 0.191. The van der Waals surface area contributed by atoms with Crippen LogP contribution in [0.25, 0.3) is 0 Å². The van der Waals surface area contributed by atoms with Gasteiger partial charge in [-0.15, -0.1) is 0 Å². The van der Waals surface area contributed by atoms with Crippen molar-refractivity contribution in [3.05, 3.63) is 40.9 Å². The highest BCUT2D eigenvalue weighted by molar-refractivity contribution is 9.10. The molecule has 0 radical (unpaired) electrons. The number of alkyl halides is 1. The molecule has 1 aliphatic rings. The van der Waals surface area contributed by atoms with Crippen LogP contribution in [0.4, 0.5) is 5.69 Å². The summed E-state index contributed by atoms with van der Waals surface area (Å²) in [6, 6.07) is 13.2. The number of benzene rings is 2. The van der Waals surface area contributed by atoms with Gasteiger partial charge in [-0.1, -0.05) is 45.5 Å². The lowest BCUT2D eigenvalue weighted by atomic mass is 10.2. The third-order valence-electron chi connectivity index (χ3n) is 3.23. The molecule has 2 aromatic rings. The van der Waals surface area contributed by atoms with E-state index < -0.39 is 0 Å². The first-order valence-corrected chi connectivity index (χ1v) is 10.4. The Bertz CT molecular complexity index is 681. The van der Waals surface area contributed by atoms with Gasteiger partial charge in [-0.05, 0) is 46.3 Å². The molecule has 0 aliphatic carbocycles. The van der Waals surface area contributed by atoms with Gasteiger partial charge in [-0.2, -0.15) is 0 Å². The van der Waals surface area contributed by atoms with Crippen molar-refractivity contribution in [1.29, 1.82) is 0 Å². The van der Waals surface area contributed by atoms with E-state index in [-0.39, 0.29) is 6.04 Å². The fourth-order valence-corrected chi connectivity index (χ4v) is 5.60. The summed E-state index contributed by atoms with van der Waals surface area (Å²) in [6.07, 6.45) is 0.